The number of ketones is 2. The molecule has 0 N–H and O–H groups in total. The minimum atomic E-state index is -1.36. The predicted molar refractivity (Wildman–Crippen MR) is 98.3 cm³/mol. The van der Waals surface area contributed by atoms with Crippen molar-refractivity contribution in [3.05, 3.63) is 106 Å². The van der Waals surface area contributed by atoms with Crippen LogP contribution < -0.4 is 0 Å². The standard InChI is InChI=1S/C22H14ClFO2/c23-16-9-7-15(8-10-16)22(13-14-5-11-17(24)12-6-14)20(25)18-3-1-2-4-19(18)21(22)26/h1-12H,13H2. The zero-order valence-electron chi connectivity index (χ0n) is 13.7. The monoisotopic (exact) mass is 364 g/mol. The molecule has 128 valence electrons. The molecule has 1 aliphatic carbocycles. The third-order valence-electron chi connectivity index (χ3n) is 4.91. The fraction of sp³-hybridized carbons (Fsp3) is 0.0909. The van der Waals surface area contributed by atoms with Crippen LogP contribution in [0.1, 0.15) is 31.8 Å². The van der Waals surface area contributed by atoms with E-state index < -0.39 is 5.41 Å². The minimum Gasteiger partial charge on any atom is -0.293 e. The van der Waals surface area contributed by atoms with Gasteiger partial charge in [-0.1, -0.05) is 60.1 Å². The van der Waals surface area contributed by atoms with Crippen molar-refractivity contribution in [2.45, 2.75) is 11.8 Å². The van der Waals surface area contributed by atoms with Gasteiger partial charge in [-0.15, -0.1) is 0 Å². The van der Waals surface area contributed by atoms with Gasteiger partial charge in [0, 0.05) is 16.1 Å². The summed E-state index contributed by atoms with van der Waals surface area (Å²) in [6.07, 6.45) is 0.168. The molecule has 0 amide bonds. The highest BCUT2D eigenvalue weighted by Crippen LogP contribution is 2.42. The summed E-state index contributed by atoms with van der Waals surface area (Å²) in [5.74, 6) is -0.823. The second kappa shape index (κ2) is 6.19. The summed E-state index contributed by atoms with van der Waals surface area (Å²) in [7, 11) is 0. The zero-order chi connectivity index (χ0) is 18.3. The molecule has 4 rings (SSSR count). The van der Waals surface area contributed by atoms with Gasteiger partial charge in [-0.3, -0.25) is 9.59 Å². The fourth-order valence-electron chi connectivity index (χ4n) is 3.61. The van der Waals surface area contributed by atoms with Crippen LogP contribution in [-0.4, -0.2) is 11.6 Å². The Balaban J connectivity index is 1.91. The van der Waals surface area contributed by atoms with Crippen LogP contribution in [0.15, 0.2) is 72.8 Å². The van der Waals surface area contributed by atoms with Gasteiger partial charge in [0.2, 0.25) is 0 Å². The lowest BCUT2D eigenvalue weighted by atomic mass is 9.71. The zero-order valence-corrected chi connectivity index (χ0v) is 14.5. The van der Waals surface area contributed by atoms with Crippen molar-refractivity contribution in [3.63, 3.8) is 0 Å². The number of carbonyl (C=O) groups excluding carboxylic acids is 2. The van der Waals surface area contributed by atoms with Crippen LogP contribution in [0.2, 0.25) is 5.02 Å². The fourth-order valence-corrected chi connectivity index (χ4v) is 3.74. The molecule has 0 aromatic heterocycles. The van der Waals surface area contributed by atoms with E-state index in [1.165, 1.54) is 12.1 Å². The molecule has 1 aliphatic rings. The Labute approximate surface area is 155 Å². The Morgan fingerprint density at radius 3 is 1.85 bits per heavy atom. The molecular weight excluding hydrogens is 351 g/mol. The van der Waals surface area contributed by atoms with Gasteiger partial charge in [-0.2, -0.15) is 0 Å². The number of benzene rings is 3. The molecule has 0 heterocycles. The summed E-state index contributed by atoms with van der Waals surface area (Å²) < 4.78 is 13.3. The first kappa shape index (κ1) is 16.7. The summed E-state index contributed by atoms with van der Waals surface area (Å²) in [5.41, 5.74) is 0.809. The average molecular weight is 365 g/mol. The first-order valence-electron chi connectivity index (χ1n) is 8.21. The topological polar surface area (TPSA) is 34.1 Å². The highest BCUT2D eigenvalue weighted by atomic mass is 35.5. The van der Waals surface area contributed by atoms with Crippen LogP contribution >= 0.6 is 11.6 Å². The first-order valence-corrected chi connectivity index (χ1v) is 8.59. The molecule has 0 saturated heterocycles. The first-order chi connectivity index (χ1) is 12.5. The maximum absolute atomic E-state index is 13.4. The van der Waals surface area contributed by atoms with Gasteiger partial charge in [0.05, 0.1) is 0 Å². The van der Waals surface area contributed by atoms with Crippen molar-refractivity contribution in [1.82, 2.24) is 0 Å². The van der Waals surface area contributed by atoms with Gasteiger partial charge in [0.15, 0.2) is 11.6 Å². The van der Waals surface area contributed by atoms with E-state index in [4.69, 9.17) is 11.6 Å². The highest BCUT2D eigenvalue weighted by Gasteiger charge is 2.53. The Hall–Kier alpha value is -2.78. The maximum atomic E-state index is 13.4. The molecule has 0 unspecified atom stereocenters. The molecule has 0 aliphatic heterocycles. The molecular formula is C22H14ClFO2. The summed E-state index contributed by atoms with van der Waals surface area (Å²) in [6, 6.07) is 19.5. The van der Waals surface area contributed by atoms with Crippen molar-refractivity contribution in [2.75, 3.05) is 0 Å². The van der Waals surface area contributed by atoms with E-state index >= 15 is 0 Å². The van der Waals surface area contributed by atoms with Gasteiger partial charge in [-0.05, 0) is 41.8 Å². The SMILES string of the molecule is O=C1c2ccccc2C(=O)C1(Cc1ccc(F)cc1)c1ccc(Cl)cc1. The van der Waals surface area contributed by atoms with Crippen LogP contribution in [0.25, 0.3) is 0 Å². The number of Topliss-reactive ketones (excluding diaryl/α,β-unsaturated/α-hetero) is 2. The molecule has 3 aromatic carbocycles. The number of hydrogen-bond donors (Lipinski definition) is 0. The van der Waals surface area contributed by atoms with Crippen molar-refractivity contribution in [3.8, 4) is 0 Å². The quantitative estimate of drug-likeness (QED) is 0.610. The lowest BCUT2D eigenvalue weighted by Gasteiger charge is -2.27. The van der Waals surface area contributed by atoms with E-state index in [0.717, 1.165) is 5.56 Å². The predicted octanol–water partition coefficient (Wildman–Crippen LogP) is 5.04. The molecule has 4 heteroatoms. The molecule has 0 radical (unpaired) electrons. The van der Waals surface area contributed by atoms with Gasteiger partial charge < -0.3 is 0 Å². The van der Waals surface area contributed by atoms with E-state index in [-0.39, 0.29) is 23.8 Å². The number of halogens is 2. The van der Waals surface area contributed by atoms with Crippen molar-refractivity contribution >= 4 is 23.2 Å². The Morgan fingerprint density at radius 1 is 0.769 bits per heavy atom. The minimum absolute atomic E-state index is 0.168. The second-order valence-corrected chi connectivity index (χ2v) is 6.86. The third kappa shape index (κ3) is 2.47. The van der Waals surface area contributed by atoms with E-state index in [0.29, 0.717) is 21.7 Å². The number of carbonyl (C=O) groups is 2. The van der Waals surface area contributed by atoms with Crippen LogP contribution in [0.4, 0.5) is 4.39 Å². The molecule has 0 spiro atoms. The smallest absolute Gasteiger partial charge is 0.182 e. The Bertz CT molecular complexity index is 972. The number of hydrogen-bond acceptors (Lipinski definition) is 2. The molecule has 3 aromatic rings. The highest BCUT2D eigenvalue weighted by molar-refractivity contribution is 6.33. The molecule has 0 fully saturated rings. The van der Waals surface area contributed by atoms with Crippen LogP contribution in [-0.2, 0) is 11.8 Å². The van der Waals surface area contributed by atoms with E-state index in [2.05, 4.69) is 0 Å². The maximum Gasteiger partial charge on any atom is 0.182 e. The van der Waals surface area contributed by atoms with E-state index in [9.17, 15) is 14.0 Å². The van der Waals surface area contributed by atoms with E-state index in [1.54, 1.807) is 60.7 Å². The summed E-state index contributed by atoms with van der Waals surface area (Å²) in [6.45, 7) is 0. The Kier molecular flexibility index (Phi) is 3.97. The average Bonchev–Trinajstić information content (AvgIpc) is 2.87. The van der Waals surface area contributed by atoms with E-state index in [1.807, 2.05) is 0 Å². The number of fused-ring (bicyclic) bond motifs is 1. The largest absolute Gasteiger partial charge is 0.293 e. The second-order valence-electron chi connectivity index (χ2n) is 6.42. The van der Waals surface area contributed by atoms with Crippen LogP contribution in [0, 0.1) is 5.82 Å². The van der Waals surface area contributed by atoms with Crippen molar-refractivity contribution < 1.29 is 14.0 Å². The van der Waals surface area contributed by atoms with Gasteiger partial charge in [0.25, 0.3) is 0 Å². The van der Waals surface area contributed by atoms with Crippen molar-refractivity contribution in [1.29, 1.82) is 0 Å². The molecule has 26 heavy (non-hydrogen) atoms. The van der Waals surface area contributed by atoms with Gasteiger partial charge in [0.1, 0.15) is 11.2 Å². The van der Waals surface area contributed by atoms with Crippen LogP contribution in [0.3, 0.4) is 0 Å². The lowest BCUT2D eigenvalue weighted by Crippen LogP contribution is -2.40. The van der Waals surface area contributed by atoms with Gasteiger partial charge >= 0.3 is 0 Å². The number of rotatable bonds is 3. The molecule has 0 atom stereocenters. The normalized spacial score (nSPS) is 15.2. The molecule has 2 nitrogen and oxygen atoms in total. The lowest BCUT2D eigenvalue weighted by molar-refractivity contribution is 0.0793. The summed E-state index contributed by atoms with van der Waals surface area (Å²) in [5, 5.41) is 0.529. The third-order valence-corrected chi connectivity index (χ3v) is 5.16. The molecule has 0 saturated carbocycles. The molecule has 0 bridgehead atoms. The summed E-state index contributed by atoms with van der Waals surface area (Å²) in [4.78, 5) is 26.7. The van der Waals surface area contributed by atoms with Gasteiger partial charge in [-0.25, -0.2) is 4.39 Å². The summed E-state index contributed by atoms with van der Waals surface area (Å²) >= 11 is 5.99. The Morgan fingerprint density at radius 2 is 1.31 bits per heavy atom. The van der Waals surface area contributed by atoms with Crippen molar-refractivity contribution in [2.24, 2.45) is 0 Å². The van der Waals surface area contributed by atoms with Crippen LogP contribution in [0.5, 0.6) is 0 Å².